The van der Waals surface area contributed by atoms with E-state index in [2.05, 4.69) is 6.07 Å². The molecule has 0 aliphatic rings. The van der Waals surface area contributed by atoms with Crippen molar-refractivity contribution in [3.05, 3.63) is 23.8 Å². The van der Waals surface area contributed by atoms with Crippen molar-refractivity contribution >= 4 is 17.3 Å². The summed E-state index contributed by atoms with van der Waals surface area (Å²) in [6.45, 7) is 1.94. The predicted molar refractivity (Wildman–Crippen MR) is 77.0 cm³/mol. The fourth-order valence-corrected chi connectivity index (χ4v) is 1.77. The van der Waals surface area contributed by atoms with Crippen molar-refractivity contribution in [3.63, 3.8) is 0 Å². The third kappa shape index (κ3) is 3.38. The van der Waals surface area contributed by atoms with E-state index in [1.54, 1.807) is 32.3 Å². The number of rotatable bonds is 4. The van der Waals surface area contributed by atoms with Crippen LogP contribution in [-0.2, 0) is 0 Å². The molecule has 102 valence electrons. The molecule has 1 unspecified atom stereocenters. The average molecular weight is 260 g/mol. The summed E-state index contributed by atoms with van der Waals surface area (Å²) in [5, 5.41) is 8.78. The molecule has 1 aromatic rings. The summed E-state index contributed by atoms with van der Waals surface area (Å²) >= 11 is 0. The molecule has 0 fully saturated rings. The van der Waals surface area contributed by atoms with Crippen LogP contribution >= 0.6 is 0 Å². The molecular weight excluding hydrogens is 240 g/mol. The third-order valence-electron chi connectivity index (χ3n) is 3.09. The highest BCUT2D eigenvalue weighted by molar-refractivity contribution is 6.00. The molecular formula is C14H20N4O. The average Bonchev–Trinajstić information content (AvgIpc) is 2.37. The van der Waals surface area contributed by atoms with Crippen molar-refractivity contribution in [2.45, 2.75) is 19.4 Å². The van der Waals surface area contributed by atoms with Crippen LogP contribution < -0.4 is 10.6 Å². The first-order valence-electron chi connectivity index (χ1n) is 6.09. The summed E-state index contributed by atoms with van der Waals surface area (Å²) in [7, 11) is 5.28. The summed E-state index contributed by atoms with van der Waals surface area (Å²) in [6, 6.07) is 7.35. The Bertz CT molecular complexity index is 505. The molecule has 0 bridgehead atoms. The van der Waals surface area contributed by atoms with Crippen LogP contribution in [0.25, 0.3) is 0 Å². The Morgan fingerprint density at radius 1 is 1.42 bits per heavy atom. The molecule has 1 rings (SSSR count). The number of carbonyl (C=O) groups is 1. The van der Waals surface area contributed by atoms with E-state index in [9.17, 15) is 4.79 Å². The number of anilines is 2. The highest BCUT2D eigenvalue weighted by atomic mass is 16.2. The molecule has 0 radical (unpaired) electrons. The fraction of sp³-hybridized carbons (Fsp3) is 0.429. The van der Waals surface area contributed by atoms with Gasteiger partial charge in [-0.2, -0.15) is 5.26 Å². The molecule has 1 atom stereocenters. The summed E-state index contributed by atoms with van der Waals surface area (Å²) < 4.78 is 0. The highest BCUT2D eigenvalue weighted by Gasteiger charge is 2.19. The first kappa shape index (κ1) is 14.8. The van der Waals surface area contributed by atoms with E-state index in [0.717, 1.165) is 5.69 Å². The SMILES string of the molecule is CC(CC#N)N(C)c1cc(N)ccc1C(=O)N(C)C. The zero-order valence-corrected chi connectivity index (χ0v) is 11.8. The van der Waals surface area contributed by atoms with Gasteiger partial charge in [0.15, 0.2) is 0 Å². The zero-order chi connectivity index (χ0) is 14.6. The Balaban J connectivity index is 3.21. The van der Waals surface area contributed by atoms with Crippen molar-refractivity contribution in [1.29, 1.82) is 5.26 Å². The number of nitriles is 1. The number of carbonyl (C=O) groups excluding carboxylic acids is 1. The molecule has 0 heterocycles. The molecule has 0 spiro atoms. The second-order valence-electron chi connectivity index (χ2n) is 4.80. The quantitative estimate of drug-likeness (QED) is 0.836. The Hall–Kier alpha value is -2.22. The lowest BCUT2D eigenvalue weighted by Crippen LogP contribution is -2.31. The van der Waals surface area contributed by atoms with Gasteiger partial charge in [0, 0.05) is 32.9 Å². The lowest BCUT2D eigenvalue weighted by Gasteiger charge is -2.28. The summed E-state index contributed by atoms with van der Waals surface area (Å²) in [6.07, 6.45) is 0.390. The third-order valence-corrected chi connectivity index (χ3v) is 3.09. The van der Waals surface area contributed by atoms with Crippen LogP contribution in [0.3, 0.4) is 0 Å². The van der Waals surface area contributed by atoms with Crippen molar-refractivity contribution in [1.82, 2.24) is 4.90 Å². The van der Waals surface area contributed by atoms with Gasteiger partial charge in [-0.05, 0) is 25.1 Å². The van der Waals surface area contributed by atoms with Gasteiger partial charge in [0.25, 0.3) is 5.91 Å². The van der Waals surface area contributed by atoms with Crippen LogP contribution in [0.1, 0.15) is 23.7 Å². The number of amides is 1. The highest BCUT2D eigenvalue weighted by Crippen LogP contribution is 2.25. The van der Waals surface area contributed by atoms with E-state index in [4.69, 9.17) is 11.0 Å². The zero-order valence-electron chi connectivity index (χ0n) is 11.8. The molecule has 0 aliphatic heterocycles. The Morgan fingerprint density at radius 2 is 2.05 bits per heavy atom. The molecule has 5 nitrogen and oxygen atoms in total. The Morgan fingerprint density at radius 3 is 2.58 bits per heavy atom. The van der Waals surface area contributed by atoms with E-state index in [1.807, 2.05) is 18.9 Å². The molecule has 0 aliphatic carbocycles. The van der Waals surface area contributed by atoms with Gasteiger partial charge in [0.1, 0.15) is 0 Å². The van der Waals surface area contributed by atoms with Crippen LogP contribution in [0.4, 0.5) is 11.4 Å². The lowest BCUT2D eigenvalue weighted by molar-refractivity contribution is 0.0828. The standard InChI is InChI=1S/C14H20N4O/c1-10(7-8-15)18(4)13-9-11(16)5-6-12(13)14(19)17(2)3/h5-6,9-10H,7,16H2,1-4H3. The molecule has 2 N–H and O–H groups in total. The number of nitrogens with zero attached hydrogens (tertiary/aromatic N) is 3. The number of nitrogens with two attached hydrogens (primary N) is 1. The minimum atomic E-state index is -0.0778. The number of nitrogen functional groups attached to an aromatic ring is 1. The Labute approximate surface area is 114 Å². The van der Waals surface area contributed by atoms with E-state index in [0.29, 0.717) is 17.7 Å². The maximum atomic E-state index is 12.2. The van der Waals surface area contributed by atoms with Gasteiger partial charge < -0.3 is 15.5 Å². The largest absolute Gasteiger partial charge is 0.399 e. The minimum absolute atomic E-state index is 0.0144. The van der Waals surface area contributed by atoms with Gasteiger partial charge in [-0.15, -0.1) is 0 Å². The molecule has 0 saturated heterocycles. The first-order valence-corrected chi connectivity index (χ1v) is 6.09. The number of hydrogen-bond donors (Lipinski definition) is 1. The van der Waals surface area contributed by atoms with Gasteiger partial charge in [-0.25, -0.2) is 0 Å². The van der Waals surface area contributed by atoms with Gasteiger partial charge in [-0.1, -0.05) is 0 Å². The van der Waals surface area contributed by atoms with Crippen LogP contribution in [-0.4, -0.2) is 38.0 Å². The van der Waals surface area contributed by atoms with Gasteiger partial charge in [0.2, 0.25) is 0 Å². The van der Waals surface area contributed by atoms with Gasteiger partial charge in [0.05, 0.1) is 23.7 Å². The minimum Gasteiger partial charge on any atom is -0.399 e. The van der Waals surface area contributed by atoms with E-state index in [1.165, 1.54) is 4.90 Å². The van der Waals surface area contributed by atoms with Gasteiger partial charge >= 0.3 is 0 Å². The molecule has 1 aromatic carbocycles. The molecule has 19 heavy (non-hydrogen) atoms. The fourth-order valence-electron chi connectivity index (χ4n) is 1.77. The van der Waals surface area contributed by atoms with E-state index >= 15 is 0 Å². The normalized spacial score (nSPS) is 11.5. The monoisotopic (exact) mass is 260 g/mol. The number of benzene rings is 1. The maximum absolute atomic E-state index is 12.2. The van der Waals surface area contributed by atoms with E-state index in [-0.39, 0.29) is 11.9 Å². The summed E-state index contributed by atoms with van der Waals surface area (Å²) in [5.74, 6) is -0.0778. The van der Waals surface area contributed by atoms with Gasteiger partial charge in [-0.3, -0.25) is 4.79 Å². The number of hydrogen-bond acceptors (Lipinski definition) is 4. The molecule has 0 saturated carbocycles. The van der Waals surface area contributed by atoms with E-state index < -0.39 is 0 Å². The first-order chi connectivity index (χ1) is 8.88. The topological polar surface area (TPSA) is 73.4 Å². The molecule has 1 amide bonds. The summed E-state index contributed by atoms with van der Waals surface area (Å²) in [4.78, 5) is 15.6. The van der Waals surface area contributed by atoms with Crippen molar-refractivity contribution in [2.24, 2.45) is 0 Å². The second kappa shape index (κ2) is 6.10. The van der Waals surface area contributed by atoms with Crippen molar-refractivity contribution in [3.8, 4) is 6.07 Å². The van der Waals surface area contributed by atoms with Crippen molar-refractivity contribution < 1.29 is 4.79 Å². The van der Waals surface area contributed by atoms with Crippen LogP contribution in [0, 0.1) is 11.3 Å². The molecule has 5 heteroatoms. The molecule has 0 aromatic heterocycles. The van der Waals surface area contributed by atoms with Crippen molar-refractivity contribution in [2.75, 3.05) is 31.8 Å². The van der Waals surface area contributed by atoms with Crippen LogP contribution in [0.5, 0.6) is 0 Å². The lowest BCUT2D eigenvalue weighted by atomic mass is 10.1. The predicted octanol–water partition coefficient (Wildman–Crippen LogP) is 1.71. The van der Waals surface area contributed by atoms with Crippen LogP contribution in [0.15, 0.2) is 18.2 Å². The maximum Gasteiger partial charge on any atom is 0.255 e. The second-order valence-corrected chi connectivity index (χ2v) is 4.80. The van der Waals surface area contributed by atoms with Crippen LogP contribution in [0.2, 0.25) is 0 Å². The smallest absolute Gasteiger partial charge is 0.255 e. The summed E-state index contributed by atoms with van der Waals surface area (Å²) in [5.41, 5.74) is 7.74. The Kier molecular flexibility index (Phi) is 4.76.